The molecule has 5 rings (SSSR count). The molecule has 0 N–H and O–H groups in total. The van der Waals surface area contributed by atoms with E-state index < -0.39 is 0 Å². The Bertz CT molecular complexity index is 1450. The minimum absolute atomic E-state index is 0.217. The maximum Gasteiger partial charge on any atom is 0.293 e. The van der Waals surface area contributed by atoms with Crippen molar-refractivity contribution < 1.29 is 9.59 Å². The highest BCUT2D eigenvalue weighted by atomic mass is 35.5. The fourth-order valence-electron chi connectivity index (χ4n) is 4.27. The summed E-state index contributed by atoms with van der Waals surface area (Å²) >= 11 is 13.5. The van der Waals surface area contributed by atoms with Gasteiger partial charge in [0.15, 0.2) is 0 Å². The molecule has 0 saturated carbocycles. The Kier molecular flexibility index (Phi) is 7.00. The van der Waals surface area contributed by atoms with Crippen molar-refractivity contribution >= 4 is 63.1 Å². The first-order valence-corrected chi connectivity index (χ1v) is 12.9. The number of aromatic nitrogens is 1. The first-order valence-electron chi connectivity index (χ1n) is 11.3. The van der Waals surface area contributed by atoms with Gasteiger partial charge in [-0.3, -0.25) is 14.5 Å². The summed E-state index contributed by atoms with van der Waals surface area (Å²) in [6.45, 7) is 0.971. The van der Waals surface area contributed by atoms with Crippen LogP contribution in [0.3, 0.4) is 0 Å². The second-order valence-corrected chi connectivity index (χ2v) is 10.2. The van der Waals surface area contributed by atoms with Crippen LogP contribution in [0.5, 0.6) is 0 Å². The monoisotopic (exact) mass is 520 g/mol. The molecule has 2 heterocycles. The lowest BCUT2D eigenvalue weighted by Crippen LogP contribution is -2.29. The molecule has 1 fully saturated rings. The highest BCUT2D eigenvalue weighted by Crippen LogP contribution is 2.35. The smallest absolute Gasteiger partial charge is 0.293 e. The van der Waals surface area contributed by atoms with Crippen LogP contribution in [0, 0.1) is 0 Å². The van der Waals surface area contributed by atoms with E-state index in [2.05, 4.69) is 16.7 Å². The summed E-state index contributed by atoms with van der Waals surface area (Å²) in [5, 5.41) is 1.99. The molecule has 4 aromatic rings. The van der Waals surface area contributed by atoms with Crippen LogP contribution in [0.1, 0.15) is 23.1 Å². The molecule has 1 aromatic heterocycles. The molecule has 7 heteroatoms. The number of carbonyl (C=O) groups is 2. The van der Waals surface area contributed by atoms with Gasteiger partial charge in [-0.1, -0.05) is 77.8 Å². The SMILES string of the molecule is O=C1S/C(=C/c2cn(Cc3ccc(Cl)cc3Cl)c3ccccc23)C(=O)N1CCCc1ccccc1. The topological polar surface area (TPSA) is 42.3 Å². The molecule has 0 atom stereocenters. The van der Waals surface area contributed by atoms with Crippen LogP contribution in [-0.2, 0) is 17.8 Å². The van der Waals surface area contributed by atoms with Gasteiger partial charge >= 0.3 is 0 Å². The third-order valence-corrected chi connectivity index (χ3v) is 7.52. The van der Waals surface area contributed by atoms with Gasteiger partial charge < -0.3 is 4.57 Å². The van der Waals surface area contributed by atoms with E-state index in [4.69, 9.17) is 23.2 Å². The second-order valence-electron chi connectivity index (χ2n) is 8.39. The standard InChI is InChI=1S/C28H22Cl2N2O2S/c29-22-13-12-20(24(30)16-22)17-31-18-21(23-10-4-5-11-25(23)31)15-26-27(33)32(28(34)35-26)14-6-9-19-7-2-1-3-8-19/h1-5,7-8,10-13,15-16,18H,6,9,14,17H2/b26-15+. The molecule has 0 aliphatic carbocycles. The molecule has 0 spiro atoms. The first kappa shape index (κ1) is 23.7. The van der Waals surface area contributed by atoms with E-state index in [1.807, 2.05) is 66.9 Å². The van der Waals surface area contributed by atoms with Crippen molar-refractivity contribution in [3.05, 3.63) is 111 Å². The van der Waals surface area contributed by atoms with Crippen LogP contribution in [-0.4, -0.2) is 27.2 Å². The molecule has 0 unspecified atom stereocenters. The molecule has 1 saturated heterocycles. The van der Waals surface area contributed by atoms with Gasteiger partial charge in [-0.15, -0.1) is 0 Å². The van der Waals surface area contributed by atoms with E-state index in [1.165, 1.54) is 10.5 Å². The van der Waals surface area contributed by atoms with Crippen molar-refractivity contribution in [2.75, 3.05) is 6.54 Å². The number of aryl methyl sites for hydroxylation is 1. The zero-order valence-electron chi connectivity index (χ0n) is 18.8. The van der Waals surface area contributed by atoms with Crippen molar-refractivity contribution in [2.24, 2.45) is 0 Å². The number of rotatable bonds is 7. The normalized spacial score (nSPS) is 15.0. The molecular weight excluding hydrogens is 499 g/mol. The zero-order chi connectivity index (χ0) is 24.4. The molecule has 1 aliphatic rings. The van der Waals surface area contributed by atoms with Gasteiger partial charge in [0, 0.05) is 45.8 Å². The van der Waals surface area contributed by atoms with Gasteiger partial charge in [0.2, 0.25) is 0 Å². The Labute approximate surface area is 218 Å². The lowest BCUT2D eigenvalue weighted by Gasteiger charge is -2.12. The van der Waals surface area contributed by atoms with Gasteiger partial charge in [-0.2, -0.15) is 0 Å². The number of nitrogens with zero attached hydrogens (tertiary/aromatic N) is 2. The van der Waals surface area contributed by atoms with E-state index >= 15 is 0 Å². The van der Waals surface area contributed by atoms with Crippen LogP contribution in [0.4, 0.5) is 4.79 Å². The minimum atomic E-state index is -0.231. The zero-order valence-corrected chi connectivity index (χ0v) is 21.1. The summed E-state index contributed by atoms with van der Waals surface area (Å²) < 4.78 is 2.10. The lowest BCUT2D eigenvalue weighted by molar-refractivity contribution is -0.122. The number of benzene rings is 3. The fraction of sp³-hybridized carbons (Fsp3) is 0.143. The van der Waals surface area contributed by atoms with E-state index in [0.29, 0.717) is 28.0 Å². The number of para-hydroxylation sites is 1. The van der Waals surface area contributed by atoms with Gasteiger partial charge in [0.25, 0.3) is 11.1 Å². The molecule has 35 heavy (non-hydrogen) atoms. The Morgan fingerprint density at radius 3 is 2.49 bits per heavy atom. The number of imide groups is 1. The quantitative estimate of drug-likeness (QED) is 0.235. The summed E-state index contributed by atoms with van der Waals surface area (Å²) in [5.41, 5.74) is 4.05. The van der Waals surface area contributed by atoms with Crippen molar-refractivity contribution in [3.63, 3.8) is 0 Å². The number of halogens is 2. The molecule has 2 amide bonds. The number of carbonyl (C=O) groups excluding carboxylic acids is 2. The molecular formula is C28H22Cl2N2O2S. The highest BCUT2D eigenvalue weighted by molar-refractivity contribution is 8.18. The molecule has 0 bridgehead atoms. The Balaban J connectivity index is 1.37. The predicted molar refractivity (Wildman–Crippen MR) is 145 cm³/mol. The van der Waals surface area contributed by atoms with E-state index in [0.717, 1.165) is 46.6 Å². The van der Waals surface area contributed by atoms with Crippen LogP contribution < -0.4 is 0 Å². The Morgan fingerprint density at radius 1 is 0.914 bits per heavy atom. The minimum Gasteiger partial charge on any atom is -0.342 e. The van der Waals surface area contributed by atoms with E-state index in [1.54, 1.807) is 6.07 Å². The van der Waals surface area contributed by atoms with Crippen LogP contribution in [0.25, 0.3) is 17.0 Å². The lowest BCUT2D eigenvalue weighted by atomic mass is 10.1. The second kappa shape index (κ2) is 10.3. The summed E-state index contributed by atoms with van der Waals surface area (Å²) in [4.78, 5) is 27.5. The molecule has 4 nitrogen and oxygen atoms in total. The van der Waals surface area contributed by atoms with Crippen LogP contribution in [0.15, 0.2) is 83.9 Å². The maximum atomic E-state index is 13.1. The number of fused-ring (bicyclic) bond motifs is 1. The highest BCUT2D eigenvalue weighted by Gasteiger charge is 2.34. The summed E-state index contributed by atoms with van der Waals surface area (Å²) in [6, 6.07) is 23.6. The first-order chi connectivity index (χ1) is 17.0. The number of hydrogen-bond acceptors (Lipinski definition) is 3. The van der Waals surface area contributed by atoms with Gasteiger partial charge in [-0.05, 0) is 60.0 Å². The summed E-state index contributed by atoms with van der Waals surface area (Å²) in [7, 11) is 0. The third kappa shape index (κ3) is 5.18. The molecule has 176 valence electrons. The van der Waals surface area contributed by atoms with Gasteiger partial charge in [-0.25, -0.2) is 0 Å². The van der Waals surface area contributed by atoms with E-state index in [-0.39, 0.29) is 11.1 Å². The fourth-order valence-corrected chi connectivity index (χ4v) is 5.60. The largest absolute Gasteiger partial charge is 0.342 e. The van der Waals surface area contributed by atoms with Crippen molar-refractivity contribution in [1.82, 2.24) is 9.47 Å². The van der Waals surface area contributed by atoms with Crippen molar-refractivity contribution in [3.8, 4) is 0 Å². The maximum absolute atomic E-state index is 13.1. The average molecular weight is 521 g/mol. The molecule has 0 radical (unpaired) electrons. The average Bonchev–Trinajstić information content (AvgIpc) is 3.33. The van der Waals surface area contributed by atoms with Crippen LogP contribution in [0.2, 0.25) is 10.0 Å². The van der Waals surface area contributed by atoms with E-state index in [9.17, 15) is 9.59 Å². The number of thioether (sulfide) groups is 1. The molecule has 3 aromatic carbocycles. The van der Waals surface area contributed by atoms with Crippen LogP contribution >= 0.6 is 35.0 Å². The van der Waals surface area contributed by atoms with Gasteiger partial charge in [0.05, 0.1) is 4.91 Å². The van der Waals surface area contributed by atoms with Crippen molar-refractivity contribution in [2.45, 2.75) is 19.4 Å². The number of amides is 2. The Morgan fingerprint density at radius 2 is 1.69 bits per heavy atom. The number of hydrogen-bond donors (Lipinski definition) is 0. The van der Waals surface area contributed by atoms with Crippen molar-refractivity contribution in [1.29, 1.82) is 0 Å². The molecule has 1 aliphatic heterocycles. The third-order valence-electron chi connectivity index (χ3n) is 6.03. The Hall–Kier alpha value is -2.99. The summed E-state index contributed by atoms with van der Waals surface area (Å²) in [5.74, 6) is -0.231. The predicted octanol–water partition coefficient (Wildman–Crippen LogP) is 7.67. The summed E-state index contributed by atoms with van der Waals surface area (Å²) in [6.07, 6.45) is 5.38. The van der Waals surface area contributed by atoms with Gasteiger partial charge in [0.1, 0.15) is 0 Å².